The zero-order chi connectivity index (χ0) is 25.8. The highest BCUT2D eigenvalue weighted by Gasteiger charge is 2.36. The summed E-state index contributed by atoms with van der Waals surface area (Å²) < 4.78 is 31.6. The van der Waals surface area contributed by atoms with Gasteiger partial charge in [-0.05, 0) is 43.7 Å². The van der Waals surface area contributed by atoms with Crippen molar-refractivity contribution in [3.63, 3.8) is 0 Å². The molecule has 4 rings (SSSR count). The van der Waals surface area contributed by atoms with E-state index in [1.807, 2.05) is 0 Å². The first-order chi connectivity index (χ1) is 17.4. The lowest BCUT2D eigenvalue weighted by Gasteiger charge is -2.30. The van der Waals surface area contributed by atoms with Crippen LogP contribution in [0.2, 0.25) is 0 Å². The van der Waals surface area contributed by atoms with E-state index in [9.17, 15) is 14.3 Å². The summed E-state index contributed by atoms with van der Waals surface area (Å²) in [4.78, 5) is 18.2. The molecule has 1 aliphatic heterocycles. The van der Waals surface area contributed by atoms with Gasteiger partial charge in [0.05, 0.1) is 26.9 Å². The number of carbonyl (C=O) groups is 1. The number of aliphatic hydroxyl groups is 1. The number of nitrogens with one attached hydrogen (secondary N) is 2. The summed E-state index contributed by atoms with van der Waals surface area (Å²) in [6.45, 7) is 1.78. The molecule has 0 saturated carbocycles. The average molecular weight is 498 g/mol. The van der Waals surface area contributed by atoms with Gasteiger partial charge in [0.25, 0.3) is 5.91 Å². The molecule has 0 saturated heterocycles. The second-order valence-corrected chi connectivity index (χ2v) is 8.10. The zero-order valence-corrected chi connectivity index (χ0v) is 20.5. The summed E-state index contributed by atoms with van der Waals surface area (Å²) in [5, 5.41) is 19.9. The fourth-order valence-electron chi connectivity index (χ4n) is 4.12. The Morgan fingerprint density at radius 2 is 1.78 bits per heavy atom. The third-order valence-corrected chi connectivity index (χ3v) is 5.83. The van der Waals surface area contributed by atoms with Crippen molar-refractivity contribution >= 4 is 17.5 Å². The lowest BCUT2D eigenvalue weighted by molar-refractivity contribution is -0.113. The summed E-state index contributed by atoms with van der Waals surface area (Å²) in [7, 11) is 4.57. The van der Waals surface area contributed by atoms with E-state index in [1.165, 1.54) is 45.6 Å². The molecule has 0 spiro atoms. The van der Waals surface area contributed by atoms with Gasteiger partial charge in [0.2, 0.25) is 5.95 Å². The van der Waals surface area contributed by atoms with Crippen LogP contribution in [0.5, 0.6) is 17.2 Å². The maximum atomic E-state index is 13.6. The first kappa shape index (κ1) is 25.0. The van der Waals surface area contributed by atoms with E-state index < -0.39 is 17.8 Å². The van der Waals surface area contributed by atoms with Crippen molar-refractivity contribution in [1.29, 1.82) is 0 Å². The summed E-state index contributed by atoms with van der Waals surface area (Å²) >= 11 is 0. The number of nitrogens with zero attached hydrogens (tertiary/aromatic N) is 3. The van der Waals surface area contributed by atoms with Crippen molar-refractivity contribution in [1.82, 2.24) is 14.8 Å². The molecule has 190 valence electrons. The monoisotopic (exact) mass is 497 g/mol. The van der Waals surface area contributed by atoms with Gasteiger partial charge in [-0.15, -0.1) is 0 Å². The molecule has 2 aromatic carbocycles. The molecule has 1 unspecified atom stereocenters. The number of hydrogen-bond acceptors (Lipinski definition) is 8. The molecule has 3 aromatic rings. The van der Waals surface area contributed by atoms with E-state index in [0.29, 0.717) is 64.4 Å². The van der Waals surface area contributed by atoms with Crippen molar-refractivity contribution in [3.05, 3.63) is 64.9 Å². The number of allylic oxidation sites excluding steroid dienone is 1. The van der Waals surface area contributed by atoms with Crippen molar-refractivity contribution in [3.8, 4) is 17.2 Å². The molecule has 1 aromatic heterocycles. The van der Waals surface area contributed by atoms with Gasteiger partial charge in [-0.25, -0.2) is 9.07 Å². The highest BCUT2D eigenvalue weighted by Crippen LogP contribution is 2.44. The molecule has 11 heteroatoms. The molecule has 36 heavy (non-hydrogen) atoms. The van der Waals surface area contributed by atoms with Crippen LogP contribution in [0.4, 0.5) is 16.0 Å². The Balaban J connectivity index is 1.86. The SMILES string of the molecule is COc1cc(OC)c(C2C(C(=O)Nc3ccc(F)cc3)=C(C)Nc3nc(CCCO)nn32)cc1OC. The second kappa shape index (κ2) is 10.6. The van der Waals surface area contributed by atoms with Crippen LogP contribution in [0.3, 0.4) is 0 Å². The van der Waals surface area contributed by atoms with Gasteiger partial charge in [0.15, 0.2) is 17.3 Å². The van der Waals surface area contributed by atoms with Gasteiger partial charge in [-0.3, -0.25) is 4.79 Å². The number of carbonyl (C=O) groups excluding carboxylic acids is 1. The number of fused-ring (bicyclic) bond motifs is 1. The van der Waals surface area contributed by atoms with Crippen LogP contribution < -0.4 is 24.8 Å². The topological polar surface area (TPSA) is 120 Å². The zero-order valence-electron chi connectivity index (χ0n) is 20.5. The highest BCUT2D eigenvalue weighted by atomic mass is 19.1. The van der Waals surface area contributed by atoms with E-state index in [2.05, 4.69) is 20.7 Å². The van der Waals surface area contributed by atoms with E-state index in [0.717, 1.165) is 0 Å². The number of rotatable bonds is 9. The molecular weight excluding hydrogens is 469 g/mol. The summed E-state index contributed by atoms with van der Waals surface area (Å²) in [6.07, 6.45) is 0.961. The number of benzene rings is 2. The Kier molecular flexibility index (Phi) is 7.39. The molecular formula is C25H28FN5O5. The lowest BCUT2D eigenvalue weighted by Crippen LogP contribution is -2.31. The van der Waals surface area contributed by atoms with Gasteiger partial charge >= 0.3 is 0 Å². The van der Waals surface area contributed by atoms with E-state index in [1.54, 1.807) is 23.7 Å². The van der Waals surface area contributed by atoms with E-state index in [4.69, 9.17) is 14.2 Å². The van der Waals surface area contributed by atoms with Crippen LogP contribution in [0.15, 0.2) is 47.7 Å². The molecule has 1 atom stereocenters. The smallest absolute Gasteiger partial charge is 0.255 e. The molecule has 0 fully saturated rings. The Labute approximate surface area is 207 Å². The van der Waals surface area contributed by atoms with Crippen LogP contribution in [0.25, 0.3) is 0 Å². The normalized spacial score (nSPS) is 14.7. The number of anilines is 2. The first-order valence-electron chi connectivity index (χ1n) is 11.3. The largest absolute Gasteiger partial charge is 0.496 e. The quantitative estimate of drug-likeness (QED) is 0.412. The van der Waals surface area contributed by atoms with E-state index in [-0.39, 0.29) is 6.61 Å². The van der Waals surface area contributed by atoms with Crippen molar-refractivity contribution < 1.29 is 28.5 Å². The van der Waals surface area contributed by atoms with E-state index >= 15 is 0 Å². The van der Waals surface area contributed by atoms with Crippen LogP contribution in [-0.4, -0.2) is 53.7 Å². The third-order valence-electron chi connectivity index (χ3n) is 5.83. The molecule has 0 radical (unpaired) electrons. The number of aryl methyl sites for hydroxylation is 1. The average Bonchev–Trinajstić information content (AvgIpc) is 3.29. The molecule has 10 nitrogen and oxygen atoms in total. The third kappa shape index (κ3) is 4.82. The fourth-order valence-corrected chi connectivity index (χ4v) is 4.12. The van der Waals surface area contributed by atoms with Crippen LogP contribution in [0, 0.1) is 5.82 Å². The van der Waals surface area contributed by atoms with Gasteiger partial charge in [0, 0.05) is 36.0 Å². The highest BCUT2D eigenvalue weighted by molar-refractivity contribution is 6.06. The number of hydrogen-bond donors (Lipinski definition) is 3. The number of methoxy groups -OCH3 is 3. The second-order valence-electron chi connectivity index (χ2n) is 8.10. The minimum absolute atomic E-state index is 0.00678. The number of aliphatic hydroxyl groups excluding tert-OH is 1. The van der Waals surface area contributed by atoms with Crippen molar-refractivity contribution in [2.24, 2.45) is 0 Å². The number of aromatic nitrogens is 3. The standard InChI is InChI=1S/C25H28FN5O5/c1-14-22(24(33)28-16-9-7-15(26)8-10-16)23(31-25(27-14)29-21(30-31)6-5-11-32)17-12-19(35-3)20(36-4)13-18(17)34-2/h7-10,12-13,23,32H,5-6,11H2,1-4H3,(H,28,33)(H,27,29,30). The number of halogens is 1. The Morgan fingerprint density at radius 1 is 1.11 bits per heavy atom. The predicted molar refractivity (Wildman–Crippen MR) is 131 cm³/mol. The van der Waals surface area contributed by atoms with Gasteiger partial charge < -0.3 is 30.0 Å². The Hall–Kier alpha value is -4.12. The van der Waals surface area contributed by atoms with Crippen molar-refractivity contribution in [2.45, 2.75) is 25.8 Å². The maximum Gasteiger partial charge on any atom is 0.255 e. The summed E-state index contributed by atoms with van der Waals surface area (Å²) in [5.74, 6) is 1.52. The molecule has 1 amide bonds. The minimum Gasteiger partial charge on any atom is -0.496 e. The first-order valence-corrected chi connectivity index (χ1v) is 11.3. The summed E-state index contributed by atoms with van der Waals surface area (Å²) in [5.41, 5.74) is 1.95. The molecule has 0 aliphatic carbocycles. The lowest BCUT2D eigenvalue weighted by atomic mass is 9.93. The van der Waals surface area contributed by atoms with Gasteiger partial charge in [-0.1, -0.05) is 0 Å². The fraction of sp³-hybridized carbons (Fsp3) is 0.320. The molecule has 2 heterocycles. The molecule has 1 aliphatic rings. The van der Waals surface area contributed by atoms with Crippen LogP contribution in [-0.2, 0) is 11.2 Å². The van der Waals surface area contributed by atoms with Crippen LogP contribution in [0.1, 0.15) is 30.8 Å². The number of amides is 1. The predicted octanol–water partition coefficient (Wildman–Crippen LogP) is 3.30. The van der Waals surface area contributed by atoms with Gasteiger partial charge in [0.1, 0.15) is 17.6 Å². The minimum atomic E-state index is -0.744. The molecule has 0 bridgehead atoms. The Morgan fingerprint density at radius 3 is 2.42 bits per heavy atom. The van der Waals surface area contributed by atoms with Gasteiger partial charge in [-0.2, -0.15) is 10.1 Å². The number of ether oxygens (including phenoxy) is 3. The maximum absolute atomic E-state index is 13.6. The van der Waals surface area contributed by atoms with Crippen molar-refractivity contribution in [2.75, 3.05) is 38.6 Å². The van der Waals surface area contributed by atoms with Crippen LogP contribution >= 0.6 is 0 Å². The molecule has 3 N–H and O–H groups in total. The summed E-state index contributed by atoms with van der Waals surface area (Å²) in [6, 6.07) is 8.20. The Bertz CT molecular complexity index is 1290.